The van der Waals surface area contributed by atoms with E-state index in [2.05, 4.69) is 4.98 Å². The molecule has 6 heteroatoms. The quantitative estimate of drug-likeness (QED) is 0.534. The van der Waals surface area contributed by atoms with Gasteiger partial charge < -0.3 is 10.5 Å². The molecule has 3 heterocycles. The summed E-state index contributed by atoms with van der Waals surface area (Å²) in [4.78, 5) is 31.3. The lowest BCUT2D eigenvalue weighted by Crippen LogP contribution is -2.25. The summed E-state index contributed by atoms with van der Waals surface area (Å²) in [7, 11) is 0. The highest BCUT2D eigenvalue weighted by Crippen LogP contribution is 2.42. The largest absolute Gasteiger partial charge is 0.385 e. The van der Waals surface area contributed by atoms with Crippen LogP contribution in [-0.2, 0) is 4.74 Å². The second-order valence-electron chi connectivity index (χ2n) is 8.63. The number of fused-ring (bicyclic) bond motifs is 1. The molecule has 1 fully saturated rings. The van der Waals surface area contributed by atoms with E-state index in [1.807, 2.05) is 65.0 Å². The van der Waals surface area contributed by atoms with Gasteiger partial charge in [0.1, 0.15) is 11.9 Å². The number of pyridine rings is 1. The Morgan fingerprint density at radius 3 is 2.41 bits per heavy atom. The Morgan fingerprint density at radius 1 is 1.14 bits per heavy atom. The number of hydrogen-bond donors (Lipinski definition) is 1. The Morgan fingerprint density at radius 2 is 1.79 bits per heavy atom. The number of aryl methyl sites for hydroxylation is 2. The molecule has 2 N–H and O–H groups in total. The van der Waals surface area contributed by atoms with Crippen molar-refractivity contribution in [1.29, 1.82) is 0 Å². The first-order valence-corrected chi connectivity index (χ1v) is 9.69. The molecule has 150 valence electrons. The first-order valence-electron chi connectivity index (χ1n) is 9.69. The van der Waals surface area contributed by atoms with E-state index in [0.717, 1.165) is 17.0 Å². The Bertz CT molecular complexity index is 1140. The van der Waals surface area contributed by atoms with Crippen LogP contribution in [0.3, 0.4) is 0 Å². The van der Waals surface area contributed by atoms with Crippen LogP contribution >= 0.6 is 0 Å². The molecule has 2 unspecified atom stereocenters. The van der Waals surface area contributed by atoms with Gasteiger partial charge in [-0.05, 0) is 25.5 Å². The van der Waals surface area contributed by atoms with E-state index in [1.165, 1.54) is 0 Å². The molecular weight excluding hydrogens is 366 g/mol. The van der Waals surface area contributed by atoms with Crippen LogP contribution in [0.15, 0.2) is 36.4 Å². The van der Waals surface area contributed by atoms with Gasteiger partial charge in [-0.1, -0.05) is 51.1 Å². The van der Waals surface area contributed by atoms with Gasteiger partial charge in [0, 0.05) is 16.7 Å². The molecule has 0 saturated carbocycles. The van der Waals surface area contributed by atoms with Crippen molar-refractivity contribution in [3.8, 4) is 0 Å². The smallest absolute Gasteiger partial charge is 0.195 e. The van der Waals surface area contributed by atoms with Gasteiger partial charge in [-0.25, -0.2) is 4.98 Å². The van der Waals surface area contributed by atoms with Gasteiger partial charge in [0.25, 0.3) is 0 Å². The second kappa shape index (κ2) is 6.52. The number of Topliss-reactive ketones (excluding diaryl/α,β-unsaturated/α-hetero) is 2. The third kappa shape index (κ3) is 3.13. The minimum absolute atomic E-state index is 0.146. The van der Waals surface area contributed by atoms with E-state index in [-0.39, 0.29) is 23.2 Å². The summed E-state index contributed by atoms with van der Waals surface area (Å²) in [5.74, 6) is -0.00413. The van der Waals surface area contributed by atoms with Crippen molar-refractivity contribution in [3.05, 3.63) is 64.5 Å². The fourth-order valence-electron chi connectivity index (χ4n) is 3.65. The number of hydrogen-bond acceptors (Lipinski definition) is 5. The van der Waals surface area contributed by atoms with E-state index in [1.54, 1.807) is 10.5 Å². The molecule has 0 bridgehead atoms. The van der Waals surface area contributed by atoms with Crippen LogP contribution in [0.5, 0.6) is 0 Å². The number of aromatic nitrogens is 2. The number of carbonyl (C=O) groups is 2. The Labute approximate surface area is 169 Å². The molecule has 2 aromatic heterocycles. The van der Waals surface area contributed by atoms with Crippen LogP contribution in [0.1, 0.15) is 64.5 Å². The zero-order chi connectivity index (χ0) is 21.1. The average Bonchev–Trinajstić information content (AvgIpc) is 3.41. The lowest BCUT2D eigenvalue weighted by Gasteiger charge is -2.20. The van der Waals surface area contributed by atoms with E-state index >= 15 is 0 Å². The number of anilines is 1. The average molecular weight is 391 g/mol. The number of rotatable bonds is 4. The van der Waals surface area contributed by atoms with Crippen LogP contribution in [0, 0.1) is 19.3 Å². The highest BCUT2D eigenvalue weighted by molar-refractivity contribution is 6.16. The number of carbonyl (C=O) groups excluding carboxylic acids is 2. The van der Waals surface area contributed by atoms with Crippen LogP contribution in [-0.4, -0.2) is 27.1 Å². The van der Waals surface area contributed by atoms with E-state index in [0.29, 0.717) is 17.0 Å². The molecule has 0 radical (unpaired) electrons. The number of imidazole rings is 1. The maximum atomic E-state index is 13.4. The number of ketones is 2. The minimum Gasteiger partial charge on any atom is -0.385 e. The van der Waals surface area contributed by atoms with Gasteiger partial charge >= 0.3 is 0 Å². The molecule has 0 spiro atoms. The highest BCUT2D eigenvalue weighted by atomic mass is 16.6. The topological polar surface area (TPSA) is 90.0 Å². The summed E-state index contributed by atoms with van der Waals surface area (Å²) in [6.45, 7) is 9.26. The number of ether oxygens (including phenoxy) is 1. The number of nitrogen functional groups attached to an aromatic ring is 1. The normalized spacial score (nSPS) is 18.8. The zero-order valence-electron chi connectivity index (χ0n) is 17.3. The molecule has 6 nitrogen and oxygen atoms in total. The van der Waals surface area contributed by atoms with Crippen molar-refractivity contribution < 1.29 is 14.3 Å². The van der Waals surface area contributed by atoms with E-state index in [9.17, 15) is 9.59 Å². The molecule has 1 aromatic carbocycles. The van der Waals surface area contributed by atoms with Crippen LogP contribution in [0.2, 0.25) is 0 Å². The van der Waals surface area contributed by atoms with Crippen molar-refractivity contribution in [2.24, 2.45) is 5.41 Å². The number of nitrogens with two attached hydrogens (primary N) is 1. The molecule has 0 amide bonds. The molecule has 3 aromatic rings. The maximum absolute atomic E-state index is 13.4. The van der Waals surface area contributed by atoms with Crippen LogP contribution in [0.25, 0.3) is 5.65 Å². The molecule has 1 aliphatic heterocycles. The summed E-state index contributed by atoms with van der Waals surface area (Å²) in [5.41, 5.74) is 9.19. The molecular formula is C23H25N3O3. The fraction of sp³-hybridized carbons (Fsp3) is 0.348. The standard InChI is InChI=1S/C23H25N3O3/c1-12-13(2)26-16(24)11-15(17(22(26)25-12)21(28)23(3,4)5)18(27)20-19(29-20)14-9-7-6-8-10-14/h6-11,19-20H,24H2,1-5H3. The summed E-state index contributed by atoms with van der Waals surface area (Å²) in [6.07, 6.45) is -0.926. The molecule has 29 heavy (non-hydrogen) atoms. The van der Waals surface area contributed by atoms with Crippen molar-refractivity contribution in [1.82, 2.24) is 9.38 Å². The van der Waals surface area contributed by atoms with Gasteiger partial charge in [-0.2, -0.15) is 0 Å². The van der Waals surface area contributed by atoms with Gasteiger partial charge in [0.05, 0.1) is 11.3 Å². The van der Waals surface area contributed by atoms with Crippen molar-refractivity contribution in [2.45, 2.75) is 46.8 Å². The van der Waals surface area contributed by atoms with Gasteiger partial charge in [-0.3, -0.25) is 14.0 Å². The first kappa shape index (κ1) is 19.3. The predicted octanol–water partition coefficient (Wildman–Crippen LogP) is 4.08. The Balaban J connectivity index is 1.86. The SMILES string of the molecule is Cc1nc2c(C(=O)C(C)(C)C)c(C(=O)C3OC3c3ccccc3)cc(N)n2c1C. The number of benzene rings is 1. The lowest BCUT2D eigenvalue weighted by atomic mass is 9.83. The highest BCUT2D eigenvalue weighted by Gasteiger charge is 2.47. The van der Waals surface area contributed by atoms with Gasteiger partial charge in [-0.15, -0.1) is 0 Å². The molecule has 0 aliphatic carbocycles. The summed E-state index contributed by atoms with van der Waals surface area (Å²) in [5, 5.41) is 0. The lowest BCUT2D eigenvalue weighted by molar-refractivity contribution is 0.0849. The molecule has 2 atom stereocenters. The fourth-order valence-corrected chi connectivity index (χ4v) is 3.65. The van der Waals surface area contributed by atoms with Crippen molar-refractivity contribution in [3.63, 3.8) is 0 Å². The third-order valence-electron chi connectivity index (χ3n) is 5.44. The van der Waals surface area contributed by atoms with Crippen LogP contribution in [0.4, 0.5) is 5.82 Å². The van der Waals surface area contributed by atoms with Crippen molar-refractivity contribution >= 4 is 23.0 Å². The summed E-state index contributed by atoms with van der Waals surface area (Å²) < 4.78 is 7.44. The predicted molar refractivity (Wildman–Crippen MR) is 111 cm³/mol. The van der Waals surface area contributed by atoms with Crippen LogP contribution < -0.4 is 5.73 Å². The Kier molecular flexibility index (Phi) is 4.35. The Hall–Kier alpha value is -2.99. The van der Waals surface area contributed by atoms with Gasteiger partial charge in [0.2, 0.25) is 0 Å². The summed E-state index contributed by atoms with van der Waals surface area (Å²) >= 11 is 0. The molecule has 4 rings (SSSR count). The number of nitrogens with zero attached hydrogens (tertiary/aromatic N) is 2. The second-order valence-corrected chi connectivity index (χ2v) is 8.63. The zero-order valence-corrected chi connectivity index (χ0v) is 17.3. The van der Waals surface area contributed by atoms with Crippen molar-refractivity contribution in [2.75, 3.05) is 5.73 Å². The maximum Gasteiger partial charge on any atom is 0.195 e. The molecule has 1 aliphatic rings. The molecule has 1 saturated heterocycles. The monoisotopic (exact) mass is 391 g/mol. The number of epoxide rings is 1. The van der Waals surface area contributed by atoms with Gasteiger partial charge in [0.15, 0.2) is 23.3 Å². The minimum atomic E-state index is -0.678. The van der Waals surface area contributed by atoms with E-state index < -0.39 is 11.5 Å². The van der Waals surface area contributed by atoms with E-state index in [4.69, 9.17) is 10.5 Å². The first-order chi connectivity index (χ1) is 13.6. The summed E-state index contributed by atoms with van der Waals surface area (Å²) in [6, 6.07) is 11.2. The third-order valence-corrected chi connectivity index (χ3v) is 5.44.